The molecule has 0 amide bonds. The Bertz CT molecular complexity index is 783. The first-order valence-corrected chi connectivity index (χ1v) is 10.6. The van der Waals surface area contributed by atoms with Gasteiger partial charge < -0.3 is 19.9 Å². The number of hydrogen-bond acceptors (Lipinski definition) is 6. The van der Waals surface area contributed by atoms with Crippen LogP contribution in [0.25, 0.3) is 0 Å². The topological polar surface area (TPSA) is 65.9 Å². The number of hydrogen-bond donors (Lipinski definition) is 1. The maximum absolute atomic E-state index is 5.78. The molecule has 1 saturated heterocycles. The third-order valence-corrected chi connectivity index (χ3v) is 5.37. The van der Waals surface area contributed by atoms with Gasteiger partial charge in [-0.15, -0.1) is 0 Å². The summed E-state index contributed by atoms with van der Waals surface area (Å²) in [6.07, 6.45) is 1.06. The lowest BCUT2D eigenvalue weighted by atomic mass is 10.2. The number of benzene rings is 1. The van der Waals surface area contributed by atoms with Crippen LogP contribution in [0.15, 0.2) is 29.3 Å². The first kappa shape index (κ1) is 20.4. The van der Waals surface area contributed by atoms with Gasteiger partial charge in [0.15, 0.2) is 5.96 Å². The molecule has 152 valence electrons. The van der Waals surface area contributed by atoms with Crippen molar-refractivity contribution in [3.63, 3.8) is 0 Å². The van der Waals surface area contributed by atoms with E-state index in [0.717, 1.165) is 61.8 Å². The summed E-state index contributed by atoms with van der Waals surface area (Å²) < 4.78 is 10.2. The molecule has 0 atom stereocenters. The molecule has 28 heavy (non-hydrogen) atoms. The number of nitrogens with zero attached hydrogens (tertiary/aromatic N) is 5. The number of aliphatic imine (C=N–C) groups is 1. The van der Waals surface area contributed by atoms with Crippen molar-refractivity contribution in [3.8, 4) is 5.75 Å². The maximum Gasteiger partial charge on any atom is 0.205 e. The number of piperazine rings is 1. The number of guanidine groups is 1. The highest BCUT2D eigenvalue weighted by Crippen LogP contribution is 2.19. The molecule has 1 fully saturated rings. The summed E-state index contributed by atoms with van der Waals surface area (Å²) in [7, 11) is 1.84. The van der Waals surface area contributed by atoms with E-state index in [0.29, 0.717) is 0 Å². The molecule has 3 rings (SSSR count). The van der Waals surface area contributed by atoms with Crippen molar-refractivity contribution in [1.82, 2.24) is 19.6 Å². The molecule has 1 aliphatic heterocycles. The average Bonchev–Trinajstić information content (AvgIpc) is 3.18. The first-order valence-electron chi connectivity index (χ1n) is 9.87. The lowest BCUT2D eigenvalue weighted by Crippen LogP contribution is -2.52. The van der Waals surface area contributed by atoms with E-state index in [9.17, 15) is 0 Å². The zero-order chi connectivity index (χ0) is 19.9. The molecule has 1 aliphatic rings. The fourth-order valence-electron chi connectivity index (χ4n) is 3.14. The maximum atomic E-state index is 5.78. The molecule has 1 aromatic carbocycles. The van der Waals surface area contributed by atoms with Crippen molar-refractivity contribution in [3.05, 3.63) is 35.7 Å². The van der Waals surface area contributed by atoms with Gasteiger partial charge in [0.05, 0.1) is 6.10 Å². The second kappa shape index (κ2) is 9.73. The van der Waals surface area contributed by atoms with Gasteiger partial charge in [0.1, 0.15) is 11.6 Å². The second-order valence-electron chi connectivity index (χ2n) is 7.04. The minimum atomic E-state index is 0.175. The highest BCUT2D eigenvalue weighted by atomic mass is 32.1. The normalized spacial score (nSPS) is 15.2. The molecule has 1 N–H and O–H groups in total. The molecule has 0 spiro atoms. The van der Waals surface area contributed by atoms with Crippen LogP contribution in [0.1, 0.15) is 32.2 Å². The number of rotatable bonds is 6. The van der Waals surface area contributed by atoms with Gasteiger partial charge in [-0.05, 0) is 31.5 Å². The highest BCUT2D eigenvalue weighted by molar-refractivity contribution is 7.09. The van der Waals surface area contributed by atoms with Crippen molar-refractivity contribution < 1.29 is 4.74 Å². The van der Waals surface area contributed by atoms with Gasteiger partial charge in [-0.25, -0.2) is 4.98 Å². The van der Waals surface area contributed by atoms with Gasteiger partial charge in [-0.3, -0.25) is 4.99 Å². The van der Waals surface area contributed by atoms with E-state index in [1.165, 1.54) is 17.1 Å². The predicted octanol–water partition coefficient (Wildman–Crippen LogP) is 2.79. The van der Waals surface area contributed by atoms with Crippen LogP contribution in [0, 0.1) is 0 Å². The van der Waals surface area contributed by atoms with Crippen molar-refractivity contribution in [2.45, 2.75) is 39.8 Å². The van der Waals surface area contributed by atoms with E-state index in [1.807, 2.05) is 33.0 Å². The first-order chi connectivity index (χ1) is 13.6. The number of nitrogens with one attached hydrogen (secondary N) is 1. The Morgan fingerprint density at radius 1 is 1.29 bits per heavy atom. The van der Waals surface area contributed by atoms with Crippen LogP contribution in [0.5, 0.6) is 5.75 Å². The molecule has 8 heteroatoms. The van der Waals surface area contributed by atoms with Crippen molar-refractivity contribution in [2.75, 3.05) is 38.1 Å². The molecular formula is C20H30N6OS. The number of aryl methyl sites for hydroxylation is 1. The van der Waals surface area contributed by atoms with E-state index < -0.39 is 0 Å². The summed E-state index contributed by atoms with van der Waals surface area (Å²) in [4.78, 5) is 13.7. The molecule has 0 aliphatic carbocycles. The van der Waals surface area contributed by atoms with E-state index in [-0.39, 0.29) is 6.10 Å². The van der Waals surface area contributed by atoms with Gasteiger partial charge in [-0.2, -0.15) is 4.37 Å². The van der Waals surface area contributed by atoms with Crippen molar-refractivity contribution in [2.24, 2.45) is 4.99 Å². The lowest BCUT2D eigenvalue weighted by Gasteiger charge is -2.36. The van der Waals surface area contributed by atoms with E-state index >= 15 is 0 Å². The van der Waals surface area contributed by atoms with Gasteiger partial charge in [0.25, 0.3) is 0 Å². The van der Waals surface area contributed by atoms with Crippen LogP contribution in [0.4, 0.5) is 5.13 Å². The van der Waals surface area contributed by atoms with Crippen LogP contribution in [-0.2, 0) is 13.0 Å². The third kappa shape index (κ3) is 5.34. The fourth-order valence-corrected chi connectivity index (χ4v) is 3.94. The largest absolute Gasteiger partial charge is 0.491 e. The third-order valence-electron chi connectivity index (χ3n) is 4.56. The van der Waals surface area contributed by atoms with E-state index in [4.69, 9.17) is 4.74 Å². The molecule has 2 aromatic rings. The van der Waals surface area contributed by atoms with Gasteiger partial charge >= 0.3 is 0 Å². The Balaban J connectivity index is 1.52. The Hall–Kier alpha value is -2.35. The minimum absolute atomic E-state index is 0.175. The van der Waals surface area contributed by atoms with Gasteiger partial charge in [0.2, 0.25) is 5.13 Å². The monoisotopic (exact) mass is 402 g/mol. The number of anilines is 1. The molecule has 1 aromatic heterocycles. The zero-order valence-electron chi connectivity index (χ0n) is 17.2. The number of ether oxygens (including phenoxy) is 1. The molecule has 2 heterocycles. The molecule has 0 saturated carbocycles. The zero-order valence-corrected chi connectivity index (χ0v) is 18.0. The van der Waals surface area contributed by atoms with Crippen molar-refractivity contribution in [1.29, 1.82) is 0 Å². The number of aromatic nitrogens is 2. The van der Waals surface area contributed by atoms with Crippen LogP contribution in [0.2, 0.25) is 0 Å². The molecule has 0 radical (unpaired) electrons. The SMILES string of the molecule is CCc1nsc(N2CCN(C(=NC)NCc3cccc(OC(C)C)c3)CC2)n1. The highest BCUT2D eigenvalue weighted by Gasteiger charge is 2.22. The van der Waals surface area contributed by atoms with E-state index in [2.05, 4.69) is 48.5 Å². The van der Waals surface area contributed by atoms with Crippen LogP contribution < -0.4 is 15.0 Å². The predicted molar refractivity (Wildman–Crippen MR) is 115 cm³/mol. The smallest absolute Gasteiger partial charge is 0.205 e. The summed E-state index contributed by atoms with van der Waals surface area (Å²) in [5.74, 6) is 2.77. The Morgan fingerprint density at radius 2 is 2.07 bits per heavy atom. The fraction of sp³-hybridized carbons (Fsp3) is 0.550. The molecule has 0 unspecified atom stereocenters. The second-order valence-corrected chi connectivity index (χ2v) is 7.77. The molecule has 7 nitrogen and oxygen atoms in total. The molecule has 0 bridgehead atoms. The average molecular weight is 403 g/mol. The Morgan fingerprint density at radius 3 is 2.71 bits per heavy atom. The van der Waals surface area contributed by atoms with Gasteiger partial charge in [0, 0.05) is 57.7 Å². The summed E-state index contributed by atoms with van der Waals surface area (Å²) in [5, 5.41) is 4.51. The standard InChI is InChI=1S/C20H30N6OS/c1-5-18-23-20(28-24-18)26-11-9-25(10-12-26)19(21-4)22-14-16-7-6-8-17(13-16)27-15(2)3/h6-8,13,15H,5,9-12,14H2,1-4H3,(H,21,22). The summed E-state index contributed by atoms with van der Waals surface area (Å²) in [6.45, 7) is 10.6. The van der Waals surface area contributed by atoms with E-state index in [1.54, 1.807) is 0 Å². The van der Waals surface area contributed by atoms with Crippen molar-refractivity contribution >= 4 is 22.6 Å². The quantitative estimate of drug-likeness (QED) is 0.592. The Kier molecular flexibility index (Phi) is 7.08. The van der Waals surface area contributed by atoms with Crippen LogP contribution >= 0.6 is 11.5 Å². The minimum Gasteiger partial charge on any atom is -0.491 e. The van der Waals surface area contributed by atoms with Crippen LogP contribution in [-0.4, -0.2) is 59.5 Å². The lowest BCUT2D eigenvalue weighted by molar-refractivity contribution is 0.242. The summed E-state index contributed by atoms with van der Waals surface area (Å²) >= 11 is 1.50. The van der Waals surface area contributed by atoms with Gasteiger partial charge in [-0.1, -0.05) is 19.1 Å². The molecular weight excluding hydrogens is 372 g/mol. The van der Waals surface area contributed by atoms with Crippen LogP contribution in [0.3, 0.4) is 0 Å². The summed E-state index contributed by atoms with van der Waals surface area (Å²) in [5.41, 5.74) is 1.18. The summed E-state index contributed by atoms with van der Waals surface area (Å²) in [6, 6.07) is 8.21. The Labute approximate surface area is 171 Å².